The van der Waals surface area contributed by atoms with Crippen LogP contribution in [0.3, 0.4) is 0 Å². The summed E-state index contributed by atoms with van der Waals surface area (Å²) in [6.45, 7) is 2.21. The van der Waals surface area contributed by atoms with E-state index in [-0.39, 0.29) is 5.75 Å². The molecule has 3 saturated carbocycles. The predicted octanol–water partition coefficient (Wildman–Crippen LogP) is 3.10. The van der Waals surface area contributed by atoms with Crippen LogP contribution in [0.2, 0.25) is 0 Å². The zero-order valence-electron chi connectivity index (χ0n) is 12.2. The summed E-state index contributed by atoms with van der Waals surface area (Å²) >= 11 is 0. The fourth-order valence-electron chi connectivity index (χ4n) is 4.90. The van der Waals surface area contributed by atoms with E-state index in [1.165, 1.54) is 24.8 Å². The van der Waals surface area contributed by atoms with Crippen molar-refractivity contribution in [3.05, 3.63) is 23.8 Å². The number of aromatic hydroxyl groups is 1. The lowest BCUT2D eigenvalue weighted by molar-refractivity contribution is 0.371. The zero-order chi connectivity index (χ0) is 13.9. The van der Waals surface area contributed by atoms with Gasteiger partial charge in [-0.05, 0) is 67.6 Å². The van der Waals surface area contributed by atoms with Gasteiger partial charge in [0, 0.05) is 12.1 Å². The number of methoxy groups -OCH3 is 1. The van der Waals surface area contributed by atoms with Gasteiger partial charge in [0.15, 0.2) is 11.5 Å². The number of hydrogen-bond donors (Lipinski definition) is 2. The normalized spacial score (nSPS) is 38.6. The second kappa shape index (κ2) is 4.39. The number of hydrogen-bond acceptors (Lipinski definition) is 3. The van der Waals surface area contributed by atoms with E-state index in [1.807, 2.05) is 12.1 Å². The summed E-state index contributed by atoms with van der Waals surface area (Å²) in [5, 5.41) is 13.5. The summed E-state index contributed by atoms with van der Waals surface area (Å²) in [4.78, 5) is 0. The number of benzene rings is 1. The van der Waals surface area contributed by atoms with E-state index in [0.717, 1.165) is 29.7 Å². The molecule has 108 valence electrons. The fourth-order valence-corrected chi connectivity index (χ4v) is 4.90. The molecule has 0 aliphatic heterocycles. The van der Waals surface area contributed by atoms with Gasteiger partial charge in [0.05, 0.1) is 7.11 Å². The van der Waals surface area contributed by atoms with Crippen LogP contribution in [0.15, 0.2) is 18.2 Å². The van der Waals surface area contributed by atoms with Crippen LogP contribution in [0.25, 0.3) is 0 Å². The quantitative estimate of drug-likeness (QED) is 0.885. The highest BCUT2D eigenvalue weighted by Crippen LogP contribution is 2.65. The van der Waals surface area contributed by atoms with E-state index < -0.39 is 0 Å². The minimum Gasteiger partial charge on any atom is -0.504 e. The van der Waals surface area contributed by atoms with Gasteiger partial charge in [-0.3, -0.25) is 0 Å². The largest absolute Gasteiger partial charge is 0.504 e. The summed E-state index contributed by atoms with van der Waals surface area (Å²) < 4.78 is 5.20. The van der Waals surface area contributed by atoms with Crippen LogP contribution in [0.1, 0.15) is 37.8 Å². The van der Waals surface area contributed by atoms with Gasteiger partial charge in [0.1, 0.15) is 0 Å². The molecule has 1 aromatic rings. The monoisotopic (exact) mass is 273 g/mol. The molecule has 3 aliphatic carbocycles. The molecule has 1 aromatic carbocycles. The van der Waals surface area contributed by atoms with Gasteiger partial charge in [-0.2, -0.15) is 0 Å². The van der Waals surface area contributed by atoms with Crippen molar-refractivity contribution in [3.8, 4) is 11.5 Å². The number of rotatable bonds is 4. The number of fused-ring (bicyclic) bond motifs is 5. The Labute approximate surface area is 120 Å². The molecule has 0 heterocycles. The van der Waals surface area contributed by atoms with E-state index in [1.54, 1.807) is 13.2 Å². The van der Waals surface area contributed by atoms with Crippen LogP contribution in [0, 0.1) is 23.7 Å². The van der Waals surface area contributed by atoms with Crippen molar-refractivity contribution in [1.29, 1.82) is 0 Å². The Hall–Kier alpha value is -1.22. The smallest absolute Gasteiger partial charge is 0.160 e. The maximum Gasteiger partial charge on any atom is 0.160 e. The lowest BCUT2D eigenvalue weighted by Gasteiger charge is -2.18. The van der Waals surface area contributed by atoms with Gasteiger partial charge in [-0.15, -0.1) is 0 Å². The van der Waals surface area contributed by atoms with Crippen molar-refractivity contribution >= 4 is 0 Å². The number of ether oxygens (including phenoxy) is 1. The first-order valence-electron chi connectivity index (χ1n) is 7.82. The van der Waals surface area contributed by atoms with Gasteiger partial charge in [0.25, 0.3) is 0 Å². The Balaban J connectivity index is 1.45. The van der Waals surface area contributed by atoms with Crippen molar-refractivity contribution in [2.45, 2.75) is 38.3 Å². The average molecular weight is 273 g/mol. The molecule has 0 amide bonds. The van der Waals surface area contributed by atoms with Gasteiger partial charge < -0.3 is 15.2 Å². The molecule has 0 aromatic heterocycles. The maximum absolute atomic E-state index is 9.67. The molecule has 5 unspecified atom stereocenters. The lowest BCUT2D eigenvalue weighted by atomic mass is 10.0. The highest BCUT2D eigenvalue weighted by molar-refractivity contribution is 5.42. The summed E-state index contributed by atoms with van der Waals surface area (Å²) in [6, 6.07) is 6.71. The van der Waals surface area contributed by atoms with Crippen molar-refractivity contribution in [1.82, 2.24) is 5.32 Å². The van der Waals surface area contributed by atoms with Crippen molar-refractivity contribution in [2.75, 3.05) is 7.11 Å². The Bertz CT molecular complexity index is 514. The van der Waals surface area contributed by atoms with E-state index >= 15 is 0 Å². The zero-order valence-corrected chi connectivity index (χ0v) is 12.2. The molecule has 20 heavy (non-hydrogen) atoms. The van der Waals surface area contributed by atoms with Crippen LogP contribution in [0.4, 0.5) is 0 Å². The third-order valence-electron chi connectivity index (χ3n) is 5.88. The van der Waals surface area contributed by atoms with E-state index in [4.69, 9.17) is 4.74 Å². The van der Waals surface area contributed by atoms with Gasteiger partial charge in [0.2, 0.25) is 0 Å². The summed E-state index contributed by atoms with van der Waals surface area (Å²) in [5.41, 5.74) is 1.19. The third kappa shape index (κ3) is 1.76. The number of phenolic OH excluding ortho intramolecular Hbond substituents is 1. The first-order chi connectivity index (χ1) is 9.69. The molecule has 0 radical (unpaired) electrons. The maximum atomic E-state index is 9.67. The highest BCUT2D eigenvalue weighted by Gasteiger charge is 2.64. The van der Waals surface area contributed by atoms with Gasteiger partial charge >= 0.3 is 0 Å². The van der Waals surface area contributed by atoms with Gasteiger partial charge in [-0.1, -0.05) is 6.07 Å². The SMILES string of the molecule is COc1cc(C(C)NC2C3C4CCC(C4)C23)ccc1O. The lowest BCUT2D eigenvalue weighted by Crippen LogP contribution is -2.26. The Morgan fingerprint density at radius 3 is 2.60 bits per heavy atom. The average Bonchev–Trinajstić information content (AvgIpc) is 2.85. The molecule has 3 aliphatic rings. The summed E-state index contributed by atoms with van der Waals surface area (Å²) in [6.07, 6.45) is 4.42. The van der Waals surface area contributed by atoms with Crippen LogP contribution in [0.5, 0.6) is 11.5 Å². The van der Waals surface area contributed by atoms with E-state index in [0.29, 0.717) is 11.8 Å². The fraction of sp³-hybridized carbons (Fsp3) is 0.647. The van der Waals surface area contributed by atoms with Gasteiger partial charge in [-0.25, -0.2) is 0 Å². The van der Waals surface area contributed by atoms with E-state index in [2.05, 4.69) is 12.2 Å². The third-order valence-corrected chi connectivity index (χ3v) is 5.88. The second-order valence-corrected chi connectivity index (χ2v) is 6.83. The molecule has 2 bridgehead atoms. The first-order valence-corrected chi connectivity index (χ1v) is 7.82. The molecule has 0 saturated heterocycles. The van der Waals surface area contributed by atoms with Crippen LogP contribution >= 0.6 is 0 Å². The van der Waals surface area contributed by atoms with Crippen LogP contribution in [-0.4, -0.2) is 18.3 Å². The first kappa shape index (κ1) is 12.5. The Kier molecular flexibility index (Phi) is 2.75. The predicted molar refractivity (Wildman–Crippen MR) is 77.8 cm³/mol. The molecule has 3 fully saturated rings. The number of nitrogens with one attached hydrogen (secondary N) is 1. The molecule has 3 heteroatoms. The Morgan fingerprint density at radius 1 is 1.25 bits per heavy atom. The van der Waals surface area contributed by atoms with Crippen molar-refractivity contribution in [3.63, 3.8) is 0 Å². The van der Waals surface area contributed by atoms with Crippen molar-refractivity contribution < 1.29 is 9.84 Å². The summed E-state index contributed by atoms with van der Waals surface area (Å²) in [7, 11) is 1.60. The molecular formula is C17H23NO2. The number of phenols is 1. The molecule has 5 atom stereocenters. The molecular weight excluding hydrogens is 250 g/mol. The van der Waals surface area contributed by atoms with Crippen LogP contribution < -0.4 is 10.1 Å². The Morgan fingerprint density at radius 2 is 1.95 bits per heavy atom. The minimum absolute atomic E-state index is 0.213. The van der Waals surface area contributed by atoms with Crippen molar-refractivity contribution in [2.24, 2.45) is 23.7 Å². The van der Waals surface area contributed by atoms with Crippen LogP contribution in [-0.2, 0) is 0 Å². The molecule has 0 spiro atoms. The molecule has 3 nitrogen and oxygen atoms in total. The molecule has 4 rings (SSSR count). The highest BCUT2D eigenvalue weighted by atomic mass is 16.5. The second-order valence-electron chi connectivity index (χ2n) is 6.83. The summed E-state index contributed by atoms with van der Waals surface area (Å²) in [5.74, 6) is 4.69. The molecule has 2 N–H and O–H groups in total. The van der Waals surface area contributed by atoms with E-state index in [9.17, 15) is 5.11 Å². The topological polar surface area (TPSA) is 41.5 Å². The minimum atomic E-state index is 0.213. The standard InChI is InChI=1S/C17H23NO2/c1-9(10-5-6-13(19)14(8-10)20-2)18-17-15-11-3-4-12(7-11)16(15)17/h5-6,8-9,11-12,15-19H,3-4,7H2,1-2H3.